The van der Waals surface area contributed by atoms with Crippen LogP contribution in [0.15, 0.2) is 315 Å². The van der Waals surface area contributed by atoms with Crippen molar-refractivity contribution in [2.75, 3.05) is 0 Å². The number of rotatable bonds is 3. The zero-order chi connectivity index (χ0) is 63.4. The number of fused-ring (bicyclic) bond motifs is 36. The van der Waals surface area contributed by atoms with Crippen molar-refractivity contribution in [1.29, 1.82) is 0 Å². The second-order valence-corrected chi connectivity index (χ2v) is 30.0. The van der Waals surface area contributed by atoms with Crippen LogP contribution in [-0.4, -0.2) is 0 Å². The predicted octanol–water partition coefficient (Wildman–Crippen LogP) is 26.4. The maximum Gasteiger partial charge on any atom is 0.0726 e. The van der Waals surface area contributed by atoms with E-state index in [-0.39, 0.29) is 0 Å². The number of hydrogen-bond donors (Lipinski definition) is 0. The van der Waals surface area contributed by atoms with E-state index in [4.69, 9.17) is 0 Å². The van der Waals surface area contributed by atoms with E-state index in [0.29, 0.717) is 0 Å². The average Bonchev–Trinajstić information content (AvgIpc) is 1.11. The molecule has 2 aromatic heterocycles. The average molecular weight is 1270 g/mol. The third kappa shape index (κ3) is 6.34. The Morgan fingerprint density at radius 3 is 1.20 bits per heavy atom. The molecule has 2 unspecified atom stereocenters. The molecule has 5 aliphatic carbocycles. The van der Waals surface area contributed by atoms with Gasteiger partial charge in [-0.05, 0) is 254 Å². The van der Waals surface area contributed by atoms with Crippen molar-refractivity contribution in [2.24, 2.45) is 0 Å². The molecule has 448 valence electrons. The normalized spacial score (nSPS) is 16.0. The van der Waals surface area contributed by atoms with Gasteiger partial charge in [-0.2, -0.15) is 0 Å². The van der Waals surface area contributed by atoms with Crippen LogP contribution >= 0.6 is 22.7 Å². The summed E-state index contributed by atoms with van der Waals surface area (Å²) in [6.45, 7) is 0. The molecule has 2 heterocycles. The Labute approximate surface area is 572 Å². The number of hydrogen-bond acceptors (Lipinski definition) is 2. The summed E-state index contributed by atoms with van der Waals surface area (Å²) < 4.78 is 5.30. The van der Waals surface area contributed by atoms with E-state index in [9.17, 15) is 0 Å². The molecule has 2 spiro atoms. The fourth-order valence-corrected chi connectivity index (χ4v) is 22.0. The van der Waals surface area contributed by atoms with E-state index in [0.717, 1.165) is 0 Å². The Hall–Kier alpha value is -11.8. The smallest absolute Gasteiger partial charge is 0.0726 e. The lowest BCUT2D eigenvalue weighted by Crippen LogP contribution is -2.26. The second kappa shape index (κ2) is 18.6. The minimum absolute atomic E-state index is 0.544. The molecule has 0 saturated carbocycles. The Balaban J connectivity index is 0.733. The highest BCUT2D eigenvalue weighted by Crippen LogP contribution is 2.69. The van der Waals surface area contributed by atoms with Gasteiger partial charge in [-0.15, -0.1) is 22.7 Å². The highest BCUT2D eigenvalue weighted by molar-refractivity contribution is 7.26. The van der Waals surface area contributed by atoms with Gasteiger partial charge in [-0.3, -0.25) is 0 Å². The van der Waals surface area contributed by atoms with Crippen LogP contribution < -0.4 is 0 Å². The largest absolute Gasteiger partial charge is 0.135 e. The van der Waals surface area contributed by atoms with Crippen LogP contribution in [-0.2, 0) is 10.8 Å². The molecule has 0 bridgehead atoms. The fraction of sp³-hybridized carbons (Fsp3) is 0.0208. The van der Waals surface area contributed by atoms with Gasteiger partial charge in [0.05, 0.1) is 10.8 Å². The van der Waals surface area contributed by atoms with Crippen LogP contribution in [0.1, 0.15) is 44.5 Å². The Bertz CT molecular complexity index is 6950. The SMILES string of the molecule is c1ccc2c(c1)-c1cccc3c4c(cc-2c13)C1(c2ccccc2-c2c(-c3ccc5sc6ccccc6c5c3)cccc21)c1cc(-c2ccc3c(c2)c2ccccc2c2cc5c(cc32)C2(c3ccccc3-5)c3ccccc3-c3c(-c5ccc6sc7ccccc7c6c5)cccc32)ccc1-4. The zero-order valence-corrected chi connectivity index (χ0v) is 54.5. The molecule has 0 fully saturated rings. The summed E-state index contributed by atoms with van der Waals surface area (Å²) >= 11 is 3.77. The van der Waals surface area contributed by atoms with E-state index in [1.807, 2.05) is 22.7 Å². The van der Waals surface area contributed by atoms with E-state index >= 15 is 0 Å². The van der Waals surface area contributed by atoms with Gasteiger partial charge in [-0.1, -0.05) is 249 Å². The van der Waals surface area contributed by atoms with E-state index in [1.165, 1.54) is 228 Å². The summed E-state index contributed by atoms with van der Waals surface area (Å²) in [5, 5.41) is 15.6. The van der Waals surface area contributed by atoms with E-state index in [1.54, 1.807) is 0 Å². The standard InChI is InChI=1S/C96H52S2/c1-4-21-62-59(18-1)67-29-15-30-71-91(67)78(62)52-86-94(71)70-43-39-54(49-84(70)96(86)81-33-12-7-26-69(81)93-58(28-17-35-83(93)96)56-41-45-90-77(48-56)66-24-9-14-37-88(66)98-90)53-38-42-63-72(46-53)60-19-2-3-20-61(60)73-50-75-64-22-5-10-31-79(64)95(85(75)51-74(63)73)80-32-11-6-25-68(80)92-57(27-16-34-82(92)95)55-40-44-89-76(47-55)65-23-8-13-36-87(65)97-89/h1-52H. The van der Waals surface area contributed by atoms with Crippen LogP contribution in [0.3, 0.4) is 0 Å². The van der Waals surface area contributed by atoms with E-state index in [2.05, 4.69) is 315 Å². The van der Waals surface area contributed by atoms with Crippen LogP contribution in [0.2, 0.25) is 0 Å². The maximum atomic E-state index is 2.62. The molecule has 19 aromatic rings. The minimum atomic E-state index is -0.627. The zero-order valence-electron chi connectivity index (χ0n) is 52.8. The van der Waals surface area contributed by atoms with Gasteiger partial charge in [0, 0.05) is 40.3 Å². The topological polar surface area (TPSA) is 0 Å². The van der Waals surface area contributed by atoms with Crippen molar-refractivity contribution in [3.8, 4) is 100 Å². The fourth-order valence-electron chi connectivity index (χ4n) is 19.8. The minimum Gasteiger partial charge on any atom is -0.135 e. The van der Waals surface area contributed by atoms with Crippen molar-refractivity contribution >= 4 is 106 Å². The molecule has 98 heavy (non-hydrogen) atoms. The quantitative estimate of drug-likeness (QED) is 0.155. The lowest BCUT2D eigenvalue weighted by Gasteiger charge is -2.31. The van der Waals surface area contributed by atoms with Gasteiger partial charge in [0.1, 0.15) is 0 Å². The molecule has 0 nitrogen and oxygen atoms in total. The van der Waals surface area contributed by atoms with E-state index < -0.39 is 10.8 Å². The van der Waals surface area contributed by atoms with Gasteiger partial charge in [0.25, 0.3) is 0 Å². The molecule has 0 saturated heterocycles. The molecule has 2 heteroatoms. The van der Waals surface area contributed by atoms with Crippen LogP contribution in [0.4, 0.5) is 0 Å². The Morgan fingerprint density at radius 2 is 0.561 bits per heavy atom. The summed E-state index contributed by atoms with van der Waals surface area (Å²) in [6, 6.07) is 123. The van der Waals surface area contributed by atoms with Gasteiger partial charge in [-0.25, -0.2) is 0 Å². The molecule has 2 atom stereocenters. The lowest BCUT2D eigenvalue weighted by atomic mass is 9.69. The molecule has 17 aromatic carbocycles. The van der Waals surface area contributed by atoms with Gasteiger partial charge >= 0.3 is 0 Å². The van der Waals surface area contributed by atoms with Crippen molar-refractivity contribution in [1.82, 2.24) is 0 Å². The van der Waals surface area contributed by atoms with Crippen molar-refractivity contribution < 1.29 is 0 Å². The molecular weight excluding hydrogens is 1220 g/mol. The molecule has 0 amide bonds. The molecule has 0 radical (unpaired) electrons. The molecule has 24 rings (SSSR count). The first kappa shape index (κ1) is 52.5. The first-order chi connectivity index (χ1) is 48.6. The third-order valence-electron chi connectivity index (χ3n) is 23.6. The third-order valence-corrected chi connectivity index (χ3v) is 25.9. The number of benzene rings is 17. The summed E-state index contributed by atoms with van der Waals surface area (Å²) in [5.41, 5.74) is 32.9. The van der Waals surface area contributed by atoms with Crippen molar-refractivity contribution in [2.45, 2.75) is 10.8 Å². The Morgan fingerprint density at radius 1 is 0.163 bits per heavy atom. The Kier molecular flexibility index (Phi) is 9.97. The van der Waals surface area contributed by atoms with Crippen LogP contribution in [0, 0.1) is 0 Å². The monoisotopic (exact) mass is 1270 g/mol. The molecule has 5 aliphatic rings. The van der Waals surface area contributed by atoms with Crippen molar-refractivity contribution in [3.05, 3.63) is 360 Å². The van der Waals surface area contributed by atoms with Crippen molar-refractivity contribution in [3.63, 3.8) is 0 Å². The maximum absolute atomic E-state index is 2.62. The number of thiophene rings is 2. The highest BCUT2D eigenvalue weighted by Gasteiger charge is 2.55. The first-order valence-corrected chi connectivity index (χ1v) is 35.9. The molecular formula is C96H52S2. The first-order valence-electron chi connectivity index (χ1n) is 34.3. The molecule has 0 N–H and O–H groups in total. The summed E-state index contributed by atoms with van der Waals surface area (Å²) in [5.74, 6) is 0. The van der Waals surface area contributed by atoms with Crippen LogP contribution in [0.5, 0.6) is 0 Å². The second-order valence-electron chi connectivity index (χ2n) is 27.8. The highest BCUT2D eigenvalue weighted by atomic mass is 32.1. The molecule has 0 aliphatic heterocycles. The van der Waals surface area contributed by atoms with Gasteiger partial charge < -0.3 is 0 Å². The summed E-state index contributed by atoms with van der Waals surface area (Å²) in [6.07, 6.45) is 0. The van der Waals surface area contributed by atoms with Crippen LogP contribution in [0.25, 0.3) is 184 Å². The van der Waals surface area contributed by atoms with Gasteiger partial charge in [0.15, 0.2) is 0 Å². The van der Waals surface area contributed by atoms with Gasteiger partial charge in [0.2, 0.25) is 0 Å². The lowest BCUT2D eigenvalue weighted by molar-refractivity contribution is 0.795. The summed E-state index contributed by atoms with van der Waals surface area (Å²) in [4.78, 5) is 0. The predicted molar refractivity (Wildman–Crippen MR) is 416 cm³/mol. The summed E-state index contributed by atoms with van der Waals surface area (Å²) in [7, 11) is 0.